The predicted octanol–water partition coefficient (Wildman–Crippen LogP) is 7.75. The van der Waals surface area contributed by atoms with Crippen LogP contribution in [0.1, 0.15) is 28.4 Å². The quantitative estimate of drug-likeness (QED) is 0.152. The van der Waals surface area contributed by atoms with Gasteiger partial charge in [-0.15, -0.1) is 0 Å². The lowest BCUT2D eigenvalue weighted by Gasteiger charge is -2.14. The number of esters is 1. The van der Waals surface area contributed by atoms with Crippen molar-refractivity contribution in [1.82, 2.24) is 4.90 Å². The summed E-state index contributed by atoms with van der Waals surface area (Å²) in [7, 11) is 0. The normalized spacial score (nSPS) is 14.4. The minimum Gasteiger partial charge on any atom is -0.490 e. The molecular formula is C26H17BrCl2FNO5S. The molecule has 190 valence electrons. The first-order chi connectivity index (χ1) is 17.7. The van der Waals surface area contributed by atoms with E-state index >= 15 is 0 Å². The summed E-state index contributed by atoms with van der Waals surface area (Å²) in [6.07, 6.45) is 1.53. The molecule has 1 fully saturated rings. The largest absolute Gasteiger partial charge is 0.490 e. The summed E-state index contributed by atoms with van der Waals surface area (Å²) in [5, 5.41) is -0.114. The number of carbonyl (C=O) groups is 3. The number of amides is 2. The van der Waals surface area contributed by atoms with Crippen molar-refractivity contribution in [2.24, 2.45) is 0 Å². The molecule has 0 spiro atoms. The number of nitrogens with zero attached hydrogens (tertiary/aromatic N) is 1. The summed E-state index contributed by atoms with van der Waals surface area (Å²) in [6, 6.07) is 13.5. The van der Waals surface area contributed by atoms with Crippen LogP contribution in [-0.4, -0.2) is 28.6 Å². The van der Waals surface area contributed by atoms with Gasteiger partial charge in [0.05, 0.1) is 33.1 Å². The van der Waals surface area contributed by atoms with Crippen LogP contribution in [0.5, 0.6) is 11.5 Å². The molecule has 11 heteroatoms. The number of thioether (sulfide) groups is 1. The van der Waals surface area contributed by atoms with Crippen molar-refractivity contribution in [3.8, 4) is 11.5 Å². The van der Waals surface area contributed by atoms with Crippen LogP contribution in [0.3, 0.4) is 0 Å². The van der Waals surface area contributed by atoms with E-state index in [0.717, 1.165) is 22.7 Å². The zero-order valence-electron chi connectivity index (χ0n) is 19.1. The fourth-order valence-electron chi connectivity index (χ4n) is 3.42. The Morgan fingerprint density at radius 1 is 1.11 bits per heavy atom. The van der Waals surface area contributed by atoms with Crippen molar-refractivity contribution in [2.75, 3.05) is 6.61 Å². The molecule has 4 rings (SSSR count). The standard InChI is InChI=1S/C26H17BrCl2FNO5S/c1-2-35-21-10-14(9-18(27)23(21)36-25(33)17-5-3-4-6-19(17)28)11-22-24(32)31(26(34)37-22)13-15-7-8-16(30)12-20(15)29/h3-12H,2,13H2,1H3/b22-11-. The zero-order valence-corrected chi connectivity index (χ0v) is 23.0. The average Bonchev–Trinajstić information content (AvgIpc) is 3.10. The third-order valence-corrected chi connectivity index (χ3v) is 7.31. The first-order valence-electron chi connectivity index (χ1n) is 10.8. The molecule has 0 atom stereocenters. The van der Waals surface area contributed by atoms with Crippen molar-refractivity contribution < 1.29 is 28.2 Å². The number of imide groups is 1. The van der Waals surface area contributed by atoms with Gasteiger partial charge in [0.25, 0.3) is 11.1 Å². The van der Waals surface area contributed by atoms with Crippen LogP contribution in [0.2, 0.25) is 10.0 Å². The summed E-state index contributed by atoms with van der Waals surface area (Å²) in [6.45, 7) is 1.96. The zero-order chi connectivity index (χ0) is 26.7. The molecule has 0 N–H and O–H groups in total. The monoisotopic (exact) mass is 623 g/mol. The highest BCUT2D eigenvalue weighted by Crippen LogP contribution is 2.40. The van der Waals surface area contributed by atoms with Crippen molar-refractivity contribution in [3.63, 3.8) is 0 Å². The maximum absolute atomic E-state index is 13.3. The molecule has 1 aliphatic rings. The van der Waals surface area contributed by atoms with E-state index < -0.39 is 22.9 Å². The molecule has 2 amide bonds. The Morgan fingerprint density at radius 3 is 2.57 bits per heavy atom. The topological polar surface area (TPSA) is 72.9 Å². The van der Waals surface area contributed by atoms with E-state index in [-0.39, 0.29) is 45.2 Å². The number of hydrogen-bond donors (Lipinski definition) is 0. The predicted molar refractivity (Wildman–Crippen MR) is 145 cm³/mol. The number of hydrogen-bond acceptors (Lipinski definition) is 6. The molecule has 37 heavy (non-hydrogen) atoms. The van der Waals surface area contributed by atoms with Crippen molar-refractivity contribution >= 4 is 74.1 Å². The van der Waals surface area contributed by atoms with Gasteiger partial charge in [-0.1, -0.05) is 41.4 Å². The molecule has 0 bridgehead atoms. The third kappa shape index (κ3) is 6.18. The Morgan fingerprint density at radius 2 is 1.86 bits per heavy atom. The van der Waals surface area contributed by atoms with Gasteiger partial charge in [-0.05, 0) is 88.2 Å². The molecular weight excluding hydrogens is 608 g/mol. The number of benzene rings is 3. The first-order valence-corrected chi connectivity index (χ1v) is 13.2. The van der Waals surface area contributed by atoms with Crippen LogP contribution in [0.15, 0.2) is 64.0 Å². The lowest BCUT2D eigenvalue weighted by atomic mass is 10.1. The maximum atomic E-state index is 13.3. The third-order valence-electron chi connectivity index (χ3n) is 5.14. The molecule has 3 aromatic rings. The van der Waals surface area contributed by atoms with E-state index in [2.05, 4.69) is 15.9 Å². The van der Waals surface area contributed by atoms with Gasteiger partial charge >= 0.3 is 5.97 Å². The van der Waals surface area contributed by atoms with Gasteiger partial charge in [0.15, 0.2) is 11.5 Å². The van der Waals surface area contributed by atoms with Gasteiger partial charge in [0.1, 0.15) is 5.82 Å². The summed E-state index contributed by atoms with van der Waals surface area (Å²) in [5.74, 6) is -1.30. The number of ether oxygens (including phenoxy) is 2. The Hall–Kier alpha value is -2.85. The molecule has 0 unspecified atom stereocenters. The highest BCUT2D eigenvalue weighted by atomic mass is 79.9. The molecule has 0 radical (unpaired) electrons. The van der Waals surface area contributed by atoms with Gasteiger partial charge in [-0.25, -0.2) is 9.18 Å². The van der Waals surface area contributed by atoms with Crippen LogP contribution >= 0.6 is 50.9 Å². The SMILES string of the molecule is CCOc1cc(/C=C2\SC(=O)N(Cc3ccc(F)cc3Cl)C2=O)cc(Br)c1OC(=O)c1ccccc1Cl. The molecule has 1 saturated heterocycles. The highest BCUT2D eigenvalue weighted by molar-refractivity contribution is 9.10. The van der Waals surface area contributed by atoms with Crippen LogP contribution in [0.4, 0.5) is 9.18 Å². The highest BCUT2D eigenvalue weighted by Gasteiger charge is 2.35. The van der Waals surface area contributed by atoms with E-state index in [1.54, 1.807) is 43.3 Å². The van der Waals surface area contributed by atoms with Gasteiger partial charge in [-0.3, -0.25) is 14.5 Å². The van der Waals surface area contributed by atoms with Gasteiger partial charge in [0, 0.05) is 5.02 Å². The Balaban J connectivity index is 1.60. The second-order valence-electron chi connectivity index (χ2n) is 7.64. The fraction of sp³-hybridized carbons (Fsp3) is 0.115. The van der Waals surface area contributed by atoms with E-state index in [4.69, 9.17) is 32.7 Å². The summed E-state index contributed by atoms with van der Waals surface area (Å²) in [4.78, 5) is 39.4. The van der Waals surface area contributed by atoms with Crippen LogP contribution in [-0.2, 0) is 11.3 Å². The molecule has 0 aliphatic carbocycles. The average molecular weight is 625 g/mol. The molecule has 3 aromatic carbocycles. The van der Waals surface area contributed by atoms with Gasteiger partial charge < -0.3 is 9.47 Å². The van der Waals surface area contributed by atoms with Crippen molar-refractivity contribution in [2.45, 2.75) is 13.5 Å². The lowest BCUT2D eigenvalue weighted by Crippen LogP contribution is -2.27. The minimum absolute atomic E-state index is 0.0913. The van der Waals surface area contributed by atoms with E-state index in [1.165, 1.54) is 18.2 Å². The van der Waals surface area contributed by atoms with E-state index in [1.807, 2.05) is 0 Å². The number of rotatable bonds is 7. The van der Waals surface area contributed by atoms with Crippen molar-refractivity contribution in [1.29, 1.82) is 0 Å². The maximum Gasteiger partial charge on any atom is 0.345 e. The van der Waals surface area contributed by atoms with E-state index in [0.29, 0.717) is 15.6 Å². The minimum atomic E-state index is -0.666. The molecule has 1 aliphatic heterocycles. The Labute approximate surface area is 234 Å². The first kappa shape index (κ1) is 27.2. The fourth-order valence-corrected chi connectivity index (χ4v) is 5.23. The summed E-state index contributed by atoms with van der Waals surface area (Å²) < 4.78 is 25.0. The van der Waals surface area contributed by atoms with Gasteiger partial charge in [-0.2, -0.15) is 0 Å². The van der Waals surface area contributed by atoms with Gasteiger partial charge in [0.2, 0.25) is 0 Å². The number of halogens is 4. The molecule has 0 saturated carbocycles. The Bertz CT molecular complexity index is 1450. The smallest absolute Gasteiger partial charge is 0.345 e. The van der Waals surface area contributed by atoms with Crippen LogP contribution in [0.25, 0.3) is 6.08 Å². The second-order valence-corrected chi connectivity index (χ2v) is 10.3. The molecule has 1 heterocycles. The lowest BCUT2D eigenvalue weighted by molar-refractivity contribution is -0.123. The van der Waals surface area contributed by atoms with E-state index in [9.17, 15) is 18.8 Å². The summed E-state index contributed by atoms with van der Waals surface area (Å²) >= 11 is 16.3. The van der Waals surface area contributed by atoms with Crippen molar-refractivity contribution in [3.05, 3.63) is 96.5 Å². The Kier molecular flexibility index (Phi) is 8.59. The second kappa shape index (κ2) is 11.7. The van der Waals surface area contributed by atoms with Crippen LogP contribution < -0.4 is 9.47 Å². The molecule has 6 nitrogen and oxygen atoms in total. The molecule has 0 aromatic heterocycles. The summed E-state index contributed by atoms with van der Waals surface area (Å²) in [5.41, 5.74) is 1.16. The number of carbonyl (C=O) groups excluding carboxylic acids is 3. The van der Waals surface area contributed by atoms with Crippen LogP contribution in [0, 0.1) is 5.82 Å².